The fraction of sp³-hybridized carbons (Fsp3) is 0.500. The number of carbonyl (C=O) groups excluding carboxylic acids is 1. The van der Waals surface area contributed by atoms with Crippen molar-refractivity contribution in [3.05, 3.63) is 35.9 Å². The van der Waals surface area contributed by atoms with Crippen LogP contribution in [-0.4, -0.2) is 22.7 Å². The molecule has 0 heterocycles. The number of hydrogen-bond acceptors (Lipinski definition) is 1. The normalized spacial score (nSPS) is 12.2. The van der Waals surface area contributed by atoms with Crippen LogP contribution in [0.25, 0.3) is 0 Å². The van der Waals surface area contributed by atoms with Crippen LogP contribution in [0, 0.1) is 0 Å². The van der Waals surface area contributed by atoms with Gasteiger partial charge in [-0.25, -0.2) is 0 Å². The third-order valence-corrected chi connectivity index (χ3v) is 3.14. The zero-order valence-electron chi connectivity index (χ0n) is 10.5. The molecular formula is C14H20ClNO. The number of benzene rings is 1. The van der Waals surface area contributed by atoms with E-state index in [1.807, 2.05) is 35.2 Å². The number of alkyl halides is 1. The molecule has 1 aromatic carbocycles. The van der Waals surface area contributed by atoms with E-state index >= 15 is 0 Å². The van der Waals surface area contributed by atoms with Gasteiger partial charge in [-0.05, 0) is 18.9 Å². The first kappa shape index (κ1) is 14.0. The summed E-state index contributed by atoms with van der Waals surface area (Å²) < 4.78 is 0. The van der Waals surface area contributed by atoms with Crippen molar-refractivity contribution in [1.29, 1.82) is 0 Å². The molecule has 0 N–H and O–H groups in total. The quantitative estimate of drug-likeness (QED) is 0.712. The van der Waals surface area contributed by atoms with Gasteiger partial charge in [0.15, 0.2) is 0 Å². The Morgan fingerprint density at radius 3 is 2.53 bits per heavy atom. The van der Waals surface area contributed by atoms with E-state index in [1.165, 1.54) is 0 Å². The van der Waals surface area contributed by atoms with Crippen LogP contribution in [0.5, 0.6) is 0 Å². The van der Waals surface area contributed by atoms with E-state index in [9.17, 15) is 4.79 Å². The maximum atomic E-state index is 12.0. The lowest BCUT2D eigenvalue weighted by molar-refractivity contribution is -0.133. The molecule has 0 aliphatic heterocycles. The summed E-state index contributed by atoms with van der Waals surface area (Å²) in [7, 11) is 0. The van der Waals surface area contributed by atoms with Gasteiger partial charge < -0.3 is 4.90 Å². The highest BCUT2D eigenvalue weighted by molar-refractivity contribution is 6.18. The zero-order chi connectivity index (χ0) is 12.7. The smallest absolute Gasteiger partial charge is 0.224 e. The van der Waals surface area contributed by atoms with E-state index < -0.39 is 0 Å². The monoisotopic (exact) mass is 253 g/mol. The third kappa shape index (κ3) is 4.39. The van der Waals surface area contributed by atoms with Crippen molar-refractivity contribution in [2.75, 3.05) is 5.88 Å². The fourth-order valence-corrected chi connectivity index (χ4v) is 1.88. The Balaban J connectivity index is 2.73. The predicted octanol–water partition coefficient (Wildman–Crippen LogP) is 3.44. The number of rotatable bonds is 6. The molecule has 1 amide bonds. The number of carbonyl (C=O) groups is 1. The van der Waals surface area contributed by atoms with Crippen LogP contribution < -0.4 is 0 Å². The molecule has 0 aliphatic carbocycles. The summed E-state index contributed by atoms with van der Waals surface area (Å²) in [5, 5.41) is 0. The first-order valence-corrected chi connectivity index (χ1v) is 6.61. The largest absolute Gasteiger partial charge is 0.336 e. The van der Waals surface area contributed by atoms with Crippen LogP contribution in [0.15, 0.2) is 30.3 Å². The topological polar surface area (TPSA) is 20.3 Å². The summed E-state index contributed by atoms with van der Waals surface area (Å²) in [5.74, 6) is 0.527. The minimum Gasteiger partial charge on any atom is -0.336 e. The van der Waals surface area contributed by atoms with Crippen molar-refractivity contribution in [3.63, 3.8) is 0 Å². The van der Waals surface area contributed by atoms with Crippen molar-refractivity contribution < 1.29 is 4.79 Å². The van der Waals surface area contributed by atoms with Crippen molar-refractivity contribution in [2.24, 2.45) is 0 Å². The van der Waals surface area contributed by atoms with Gasteiger partial charge in [-0.15, -0.1) is 11.6 Å². The van der Waals surface area contributed by atoms with Gasteiger partial charge in [0.05, 0.1) is 0 Å². The second-order valence-corrected chi connectivity index (χ2v) is 4.58. The second-order valence-electron chi connectivity index (χ2n) is 4.20. The molecule has 0 saturated heterocycles. The van der Waals surface area contributed by atoms with Crippen molar-refractivity contribution in [3.8, 4) is 0 Å². The molecule has 0 radical (unpaired) electrons. The standard InChI is InChI=1S/C14H20ClNO/c1-3-12(2)16(14(17)9-10-15)11-13-7-5-4-6-8-13/h4-8,12H,3,9-11H2,1-2H3. The highest BCUT2D eigenvalue weighted by Crippen LogP contribution is 2.12. The Morgan fingerprint density at radius 2 is 2.00 bits per heavy atom. The van der Waals surface area contributed by atoms with Gasteiger partial charge in [0.1, 0.15) is 0 Å². The van der Waals surface area contributed by atoms with Crippen LogP contribution in [0.1, 0.15) is 32.3 Å². The highest BCUT2D eigenvalue weighted by atomic mass is 35.5. The Bertz CT molecular complexity index is 339. The van der Waals surface area contributed by atoms with Crippen molar-refractivity contribution in [2.45, 2.75) is 39.3 Å². The van der Waals surface area contributed by atoms with E-state index in [-0.39, 0.29) is 11.9 Å². The summed E-state index contributed by atoms with van der Waals surface area (Å²) in [6.45, 7) is 4.84. The summed E-state index contributed by atoms with van der Waals surface area (Å²) in [6.07, 6.45) is 1.37. The maximum Gasteiger partial charge on any atom is 0.224 e. The first-order chi connectivity index (χ1) is 8.19. The van der Waals surface area contributed by atoms with E-state index in [0.29, 0.717) is 18.8 Å². The van der Waals surface area contributed by atoms with E-state index in [2.05, 4.69) is 13.8 Å². The van der Waals surface area contributed by atoms with Crippen LogP contribution in [0.4, 0.5) is 0 Å². The van der Waals surface area contributed by atoms with Crippen molar-refractivity contribution in [1.82, 2.24) is 4.90 Å². The molecule has 0 saturated carbocycles. The predicted molar refractivity (Wildman–Crippen MR) is 72.1 cm³/mol. The number of hydrogen-bond donors (Lipinski definition) is 0. The molecule has 1 unspecified atom stereocenters. The average Bonchev–Trinajstić information content (AvgIpc) is 2.36. The molecule has 94 valence electrons. The maximum absolute atomic E-state index is 12.0. The molecule has 3 heteroatoms. The molecule has 0 bridgehead atoms. The third-order valence-electron chi connectivity index (χ3n) is 2.95. The number of nitrogens with zero attached hydrogens (tertiary/aromatic N) is 1. The van der Waals surface area contributed by atoms with Gasteiger partial charge in [0.2, 0.25) is 5.91 Å². The Hall–Kier alpha value is -1.02. The lowest BCUT2D eigenvalue weighted by Gasteiger charge is -2.28. The lowest BCUT2D eigenvalue weighted by atomic mass is 10.1. The summed E-state index contributed by atoms with van der Waals surface area (Å²) in [6, 6.07) is 10.3. The first-order valence-electron chi connectivity index (χ1n) is 6.08. The van der Waals surface area contributed by atoms with Crippen LogP contribution in [-0.2, 0) is 11.3 Å². The van der Waals surface area contributed by atoms with Crippen LogP contribution >= 0.6 is 11.6 Å². The number of amides is 1. The molecule has 1 rings (SSSR count). The van der Waals surface area contributed by atoms with Crippen LogP contribution in [0.3, 0.4) is 0 Å². The van der Waals surface area contributed by atoms with Crippen LogP contribution in [0.2, 0.25) is 0 Å². The summed E-state index contributed by atoms with van der Waals surface area (Å²) >= 11 is 5.64. The average molecular weight is 254 g/mol. The zero-order valence-corrected chi connectivity index (χ0v) is 11.3. The molecule has 1 aromatic rings. The molecule has 1 atom stereocenters. The van der Waals surface area contributed by atoms with Gasteiger partial charge in [0, 0.05) is 24.9 Å². The molecule has 0 aromatic heterocycles. The molecule has 0 aliphatic rings. The molecule has 0 fully saturated rings. The summed E-state index contributed by atoms with van der Waals surface area (Å²) in [5.41, 5.74) is 1.16. The van der Waals surface area contributed by atoms with Gasteiger partial charge >= 0.3 is 0 Å². The molecule has 17 heavy (non-hydrogen) atoms. The lowest BCUT2D eigenvalue weighted by Crippen LogP contribution is -2.37. The molecule has 0 spiro atoms. The minimum atomic E-state index is 0.137. The van der Waals surface area contributed by atoms with Gasteiger partial charge in [-0.1, -0.05) is 37.3 Å². The summed E-state index contributed by atoms with van der Waals surface area (Å²) in [4.78, 5) is 13.9. The second kappa shape index (κ2) is 7.33. The Kier molecular flexibility index (Phi) is 6.06. The SMILES string of the molecule is CCC(C)N(Cc1ccccc1)C(=O)CCCl. The number of halogens is 1. The van der Waals surface area contributed by atoms with E-state index in [0.717, 1.165) is 12.0 Å². The minimum absolute atomic E-state index is 0.137. The van der Waals surface area contributed by atoms with Gasteiger partial charge in [-0.2, -0.15) is 0 Å². The highest BCUT2D eigenvalue weighted by Gasteiger charge is 2.18. The Morgan fingerprint density at radius 1 is 1.35 bits per heavy atom. The molecular weight excluding hydrogens is 234 g/mol. The van der Waals surface area contributed by atoms with E-state index in [1.54, 1.807) is 0 Å². The fourth-order valence-electron chi connectivity index (χ4n) is 1.71. The van der Waals surface area contributed by atoms with Gasteiger partial charge in [-0.3, -0.25) is 4.79 Å². The van der Waals surface area contributed by atoms with E-state index in [4.69, 9.17) is 11.6 Å². The van der Waals surface area contributed by atoms with Gasteiger partial charge in [0.25, 0.3) is 0 Å². The Labute approximate surface area is 109 Å². The molecule has 2 nitrogen and oxygen atoms in total. The van der Waals surface area contributed by atoms with Crippen molar-refractivity contribution >= 4 is 17.5 Å².